The predicted molar refractivity (Wildman–Crippen MR) is 108 cm³/mol. The molecule has 0 spiro atoms. The third-order valence-corrected chi connectivity index (χ3v) is 5.95. The molecule has 4 rings (SSSR count). The standard InChI is InChI=1S/C23H27FN2O3/c1-16-2-4-17(5-3-16)14-26-23(28)22(11-13-29-26)25-12-10-20(21(24)15-25)18-6-8-19(27)9-7-18/h2-9,20-22,27H,10-15H2,1H3/t20-,21+,22?/m1/s1. The zero-order valence-electron chi connectivity index (χ0n) is 16.6. The highest BCUT2D eigenvalue weighted by Gasteiger charge is 2.39. The molecule has 0 aromatic heterocycles. The van der Waals surface area contributed by atoms with Crippen molar-refractivity contribution in [3.8, 4) is 5.75 Å². The lowest BCUT2D eigenvalue weighted by Gasteiger charge is -2.42. The molecule has 3 atom stereocenters. The highest BCUT2D eigenvalue weighted by molar-refractivity contribution is 5.81. The summed E-state index contributed by atoms with van der Waals surface area (Å²) in [7, 11) is 0. The fourth-order valence-corrected chi connectivity index (χ4v) is 4.26. The molecule has 0 bridgehead atoms. The number of carbonyl (C=O) groups is 1. The Morgan fingerprint density at radius 3 is 2.52 bits per heavy atom. The van der Waals surface area contributed by atoms with Gasteiger partial charge in [-0.15, -0.1) is 0 Å². The Bertz CT molecular complexity index is 840. The van der Waals surface area contributed by atoms with Crippen molar-refractivity contribution in [2.45, 2.75) is 44.4 Å². The van der Waals surface area contributed by atoms with Gasteiger partial charge in [-0.05, 0) is 49.6 Å². The summed E-state index contributed by atoms with van der Waals surface area (Å²) in [4.78, 5) is 20.6. The maximum Gasteiger partial charge on any atom is 0.263 e. The number of likely N-dealkylation sites (tertiary alicyclic amines) is 1. The van der Waals surface area contributed by atoms with Crippen LogP contribution in [-0.2, 0) is 16.2 Å². The third kappa shape index (κ3) is 4.43. The number of halogens is 1. The number of rotatable bonds is 4. The van der Waals surface area contributed by atoms with Crippen LogP contribution in [0.2, 0.25) is 0 Å². The summed E-state index contributed by atoms with van der Waals surface area (Å²) >= 11 is 0. The van der Waals surface area contributed by atoms with E-state index in [0.717, 1.165) is 11.1 Å². The highest BCUT2D eigenvalue weighted by Crippen LogP contribution is 2.33. The van der Waals surface area contributed by atoms with Crippen LogP contribution in [0.5, 0.6) is 5.75 Å². The maximum absolute atomic E-state index is 15.0. The van der Waals surface area contributed by atoms with Gasteiger partial charge in [0.15, 0.2) is 0 Å². The van der Waals surface area contributed by atoms with Gasteiger partial charge in [-0.1, -0.05) is 42.0 Å². The molecular formula is C23H27FN2O3. The zero-order chi connectivity index (χ0) is 20.4. The van der Waals surface area contributed by atoms with Gasteiger partial charge in [0.1, 0.15) is 11.9 Å². The Balaban J connectivity index is 1.40. The predicted octanol–water partition coefficient (Wildman–Crippen LogP) is 3.56. The molecule has 1 amide bonds. The molecular weight excluding hydrogens is 371 g/mol. The van der Waals surface area contributed by atoms with Crippen LogP contribution < -0.4 is 0 Å². The minimum atomic E-state index is -1.05. The van der Waals surface area contributed by atoms with E-state index in [1.807, 2.05) is 36.1 Å². The van der Waals surface area contributed by atoms with Gasteiger partial charge in [0, 0.05) is 12.5 Å². The Hall–Kier alpha value is -2.44. The summed E-state index contributed by atoms with van der Waals surface area (Å²) in [6.07, 6.45) is 0.184. The number of piperidine rings is 1. The fraction of sp³-hybridized carbons (Fsp3) is 0.435. The van der Waals surface area contributed by atoms with Crippen molar-refractivity contribution in [2.24, 2.45) is 0 Å². The van der Waals surface area contributed by atoms with Gasteiger partial charge in [-0.2, -0.15) is 0 Å². The SMILES string of the molecule is Cc1ccc(CN2OCCC(N3CC[C@H](c4ccc(O)cc4)[C@@H](F)C3)C2=O)cc1. The highest BCUT2D eigenvalue weighted by atomic mass is 19.1. The van der Waals surface area contributed by atoms with Gasteiger partial charge in [0.2, 0.25) is 0 Å². The summed E-state index contributed by atoms with van der Waals surface area (Å²) in [5.74, 6) is -0.111. The van der Waals surface area contributed by atoms with Gasteiger partial charge in [0.25, 0.3) is 5.91 Å². The molecule has 2 aliphatic heterocycles. The number of aromatic hydroxyl groups is 1. The molecule has 5 nitrogen and oxygen atoms in total. The van der Waals surface area contributed by atoms with Crippen molar-refractivity contribution < 1.29 is 19.1 Å². The number of hydrogen-bond donors (Lipinski definition) is 1. The normalized spacial score (nSPS) is 25.9. The molecule has 2 heterocycles. The first-order valence-corrected chi connectivity index (χ1v) is 10.2. The summed E-state index contributed by atoms with van der Waals surface area (Å²) < 4.78 is 15.0. The van der Waals surface area contributed by atoms with Crippen LogP contribution >= 0.6 is 0 Å². The lowest BCUT2D eigenvalue weighted by atomic mass is 9.87. The van der Waals surface area contributed by atoms with Crippen LogP contribution in [-0.4, -0.2) is 52.9 Å². The smallest absolute Gasteiger partial charge is 0.263 e. The van der Waals surface area contributed by atoms with Gasteiger partial charge >= 0.3 is 0 Å². The topological polar surface area (TPSA) is 53.0 Å². The molecule has 154 valence electrons. The minimum absolute atomic E-state index is 0.0906. The largest absolute Gasteiger partial charge is 0.508 e. The number of carbonyl (C=O) groups excluding carboxylic acids is 1. The number of phenolic OH excluding ortho intramolecular Hbond substituents is 1. The van der Waals surface area contributed by atoms with Gasteiger partial charge < -0.3 is 5.11 Å². The van der Waals surface area contributed by atoms with Crippen LogP contribution in [0.15, 0.2) is 48.5 Å². The van der Waals surface area contributed by atoms with Crippen molar-refractivity contribution in [1.82, 2.24) is 9.96 Å². The van der Waals surface area contributed by atoms with E-state index >= 15 is 0 Å². The number of benzene rings is 2. The van der Waals surface area contributed by atoms with Gasteiger partial charge in [-0.25, -0.2) is 9.45 Å². The molecule has 2 aromatic carbocycles. The number of hydrogen-bond acceptors (Lipinski definition) is 4. The first-order chi connectivity index (χ1) is 14.0. The van der Waals surface area contributed by atoms with Crippen molar-refractivity contribution in [3.05, 3.63) is 65.2 Å². The van der Waals surface area contributed by atoms with E-state index in [2.05, 4.69) is 0 Å². The van der Waals surface area contributed by atoms with Crippen LogP contribution in [0.1, 0.15) is 35.4 Å². The number of hydroxylamine groups is 2. The Kier molecular flexibility index (Phi) is 5.83. The number of phenols is 1. The molecule has 29 heavy (non-hydrogen) atoms. The maximum atomic E-state index is 15.0. The number of amides is 1. The number of nitrogens with zero attached hydrogens (tertiary/aromatic N) is 2. The molecule has 1 unspecified atom stereocenters. The molecule has 2 aromatic rings. The minimum Gasteiger partial charge on any atom is -0.508 e. The van der Waals surface area contributed by atoms with E-state index < -0.39 is 6.17 Å². The van der Waals surface area contributed by atoms with E-state index in [-0.39, 0.29) is 30.2 Å². The van der Waals surface area contributed by atoms with E-state index in [0.29, 0.717) is 32.5 Å². The van der Waals surface area contributed by atoms with Crippen LogP contribution in [0, 0.1) is 6.92 Å². The van der Waals surface area contributed by atoms with Crippen molar-refractivity contribution >= 4 is 5.91 Å². The van der Waals surface area contributed by atoms with Crippen molar-refractivity contribution in [2.75, 3.05) is 19.7 Å². The molecule has 0 saturated carbocycles. The second kappa shape index (κ2) is 8.51. The summed E-state index contributed by atoms with van der Waals surface area (Å²) in [6, 6.07) is 14.4. The number of aryl methyl sites for hydroxylation is 1. The Morgan fingerprint density at radius 2 is 1.83 bits per heavy atom. The molecule has 0 radical (unpaired) electrons. The lowest BCUT2D eigenvalue weighted by Crippen LogP contribution is -2.56. The summed E-state index contributed by atoms with van der Waals surface area (Å²) in [5, 5.41) is 10.9. The quantitative estimate of drug-likeness (QED) is 0.856. The average molecular weight is 398 g/mol. The molecule has 2 fully saturated rings. The van der Waals surface area contributed by atoms with Crippen molar-refractivity contribution in [3.63, 3.8) is 0 Å². The first kappa shape index (κ1) is 19.9. The lowest BCUT2D eigenvalue weighted by molar-refractivity contribution is -0.212. The fourth-order valence-electron chi connectivity index (χ4n) is 4.26. The first-order valence-electron chi connectivity index (χ1n) is 10.2. The summed E-state index contributed by atoms with van der Waals surface area (Å²) in [6.45, 7) is 3.79. The van der Waals surface area contributed by atoms with E-state index in [9.17, 15) is 14.3 Å². The van der Waals surface area contributed by atoms with Crippen molar-refractivity contribution in [1.29, 1.82) is 0 Å². The Labute approximate surface area is 170 Å². The van der Waals surface area contributed by atoms with E-state index in [4.69, 9.17) is 4.84 Å². The van der Waals surface area contributed by atoms with Gasteiger partial charge in [0.05, 0.1) is 19.2 Å². The van der Waals surface area contributed by atoms with Crippen LogP contribution in [0.4, 0.5) is 4.39 Å². The third-order valence-electron chi connectivity index (χ3n) is 5.95. The molecule has 2 aliphatic rings. The average Bonchev–Trinajstić information content (AvgIpc) is 2.72. The summed E-state index contributed by atoms with van der Waals surface area (Å²) in [5.41, 5.74) is 3.08. The molecule has 1 N–H and O–H groups in total. The van der Waals surface area contributed by atoms with E-state index in [1.54, 1.807) is 24.3 Å². The Morgan fingerprint density at radius 1 is 1.10 bits per heavy atom. The van der Waals surface area contributed by atoms with Gasteiger partial charge in [-0.3, -0.25) is 14.5 Å². The monoisotopic (exact) mass is 398 g/mol. The molecule has 0 aliphatic carbocycles. The molecule has 2 saturated heterocycles. The van der Waals surface area contributed by atoms with E-state index in [1.165, 1.54) is 10.6 Å². The molecule has 6 heteroatoms. The zero-order valence-corrected chi connectivity index (χ0v) is 16.6. The van der Waals surface area contributed by atoms with Crippen LogP contribution in [0.25, 0.3) is 0 Å². The number of alkyl halides is 1. The second-order valence-electron chi connectivity index (χ2n) is 8.00. The second-order valence-corrected chi connectivity index (χ2v) is 8.00. The van der Waals surface area contributed by atoms with Crippen LogP contribution in [0.3, 0.4) is 0 Å².